The van der Waals surface area contributed by atoms with E-state index in [9.17, 15) is 9.59 Å². The number of nitrogens with zero attached hydrogens (tertiary/aromatic N) is 3. The monoisotopic (exact) mass is 343 g/mol. The van der Waals surface area contributed by atoms with Gasteiger partial charge >= 0.3 is 0 Å². The first-order valence-electron chi connectivity index (χ1n) is 8.04. The zero-order chi connectivity index (χ0) is 18.1. The first kappa shape index (κ1) is 18.3. The minimum atomic E-state index is -0.377. The fourth-order valence-corrected chi connectivity index (χ4v) is 1.97. The summed E-state index contributed by atoms with van der Waals surface area (Å²) in [5, 5.41) is 5.30. The number of rotatable bonds is 8. The molecule has 0 aromatic carbocycles. The smallest absolute Gasteiger partial charge is 0.275 e. The van der Waals surface area contributed by atoms with Gasteiger partial charge in [-0.05, 0) is 25.0 Å². The number of aromatic nitrogens is 3. The van der Waals surface area contributed by atoms with Crippen LogP contribution in [0.1, 0.15) is 35.9 Å². The van der Waals surface area contributed by atoms with Crippen molar-refractivity contribution in [1.29, 1.82) is 0 Å². The summed E-state index contributed by atoms with van der Waals surface area (Å²) in [5.74, 6) is -0.0475. The molecule has 0 fully saturated rings. The van der Waals surface area contributed by atoms with Crippen LogP contribution in [0.5, 0.6) is 5.88 Å². The van der Waals surface area contributed by atoms with Crippen molar-refractivity contribution >= 4 is 17.5 Å². The van der Waals surface area contributed by atoms with E-state index in [1.165, 1.54) is 12.4 Å². The Kier molecular flexibility index (Phi) is 6.82. The summed E-state index contributed by atoms with van der Waals surface area (Å²) in [6.07, 6.45) is 6.08. The standard InChI is InChI=1S/C17H21N5O3/c1-3-8-25-16-11-20-14(10-21-16)17(24)22-13-6-7-19-12(9-13)4-5-15(23)18-2/h6-7,9-11H,3-5,8H2,1-2H3,(H,18,23)(H,19,22,24). The molecule has 0 aliphatic rings. The maximum atomic E-state index is 12.2. The molecule has 8 nitrogen and oxygen atoms in total. The van der Waals surface area contributed by atoms with Gasteiger partial charge in [0.05, 0.1) is 19.0 Å². The maximum absolute atomic E-state index is 12.2. The van der Waals surface area contributed by atoms with Gasteiger partial charge in [-0.25, -0.2) is 9.97 Å². The Bertz CT molecular complexity index is 718. The number of aryl methyl sites for hydroxylation is 1. The van der Waals surface area contributed by atoms with Gasteiger partial charge in [0, 0.05) is 31.0 Å². The summed E-state index contributed by atoms with van der Waals surface area (Å²) in [7, 11) is 1.59. The molecule has 132 valence electrons. The number of carbonyl (C=O) groups is 2. The Hall–Kier alpha value is -3.03. The van der Waals surface area contributed by atoms with Crippen LogP contribution in [0.3, 0.4) is 0 Å². The van der Waals surface area contributed by atoms with Gasteiger partial charge in [-0.1, -0.05) is 6.92 Å². The van der Waals surface area contributed by atoms with Crippen LogP contribution in [0.4, 0.5) is 5.69 Å². The number of hydrogen-bond acceptors (Lipinski definition) is 6. The molecule has 8 heteroatoms. The third kappa shape index (κ3) is 5.83. The van der Waals surface area contributed by atoms with Crippen molar-refractivity contribution in [3.8, 4) is 5.88 Å². The molecule has 0 atom stereocenters. The summed E-state index contributed by atoms with van der Waals surface area (Å²) in [6.45, 7) is 2.54. The second-order valence-electron chi connectivity index (χ2n) is 5.25. The molecule has 0 spiro atoms. The topological polar surface area (TPSA) is 106 Å². The van der Waals surface area contributed by atoms with Gasteiger partial charge < -0.3 is 15.4 Å². The van der Waals surface area contributed by atoms with E-state index in [1.54, 1.807) is 25.4 Å². The van der Waals surface area contributed by atoms with Gasteiger partial charge in [-0.2, -0.15) is 0 Å². The minimum absolute atomic E-state index is 0.0584. The van der Waals surface area contributed by atoms with Crippen LogP contribution in [0.2, 0.25) is 0 Å². The van der Waals surface area contributed by atoms with E-state index in [-0.39, 0.29) is 17.5 Å². The highest BCUT2D eigenvalue weighted by atomic mass is 16.5. The van der Waals surface area contributed by atoms with E-state index in [1.807, 2.05) is 6.92 Å². The number of anilines is 1. The van der Waals surface area contributed by atoms with E-state index in [0.717, 1.165) is 12.1 Å². The molecule has 0 radical (unpaired) electrons. The highest BCUT2D eigenvalue weighted by Gasteiger charge is 2.10. The number of nitrogens with one attached hydrogen (secondary N) is 2. The minimum Gasteiger partial charge on any atom is -0.477 e. The normalized spacial score (nSPS) is 10.2. The Morgan fingerprint density at radius 2 is 2.04 bits per heavy atom. The van der Waals surface area contributed by atoms with Crippen molar-refractivity contribution in [3.63, 3.8) is 0 Å². The number of pyridine rings is 1. The quantitative estimate of drug-likeness (QED) is 0.754. The van der Waals surface area contributed by atoms with Crippen LogP contribution in [0.25, 0.3) is 0 Å². The lowest BCUT2D eigenvalue weighted by Gasteiger charge is -2.07. The van der Waals surface area contributed by atoms with Crippen LogP contribution < -0.4 is 15.4 Å². The van der Waals surface area contributed by atoms with E-state index in [0.29, 0.717) is 31.0 Å². The predicted octanol–water partition coefficient (Wildman–Crippen LogP) is 1.59. The molecule has 25 heavy (non-hydrogen) atoms. The molecule has 2 N–H and O–H groups in total. The first-order valence-corrected chi connectivity index (χ1v) is 8.04. The second kappa shape index (κ2) is 9.31. The lowest BCUT2D eigenvalue weighted by molar-refractivity contribution is -0.120. The summed E-state index contributed by atoms with van der Waals surface area (Å²) >= 11 is 0. The summed E-state index contributed by atoms with van der Waals surface area (Å²) in [6, 6.07) is 3.40. The number of carbonyl (C=O) groups excluding carboxylic acids is 2. The number of ether oxygens (including phenoxy) is 1. The lowest BCUT2D eigenvalue weighted by Crippen LogP contribution is -2.18. The van der Waals surface area contributed by atoms with Gasteiger partial charge in [-0.15, -0.1) is 0 Å². The number of amides is 2. The molecule has 0 aliphatic carbocycles. The molecular formula is C17H21N5O3. The SMILES string of the molecule is CCCOc1cnc(C(=O)Nc2ccnc(CCC(=O)NC)c2)cn1. The summed E-state index contributed by atoms with van der Waals surface area (Å²) in [5.41, 5.74) is 1.49. The first-order chi connectivity index (χ1) is 12.1. The molecule has 0 saturated heterocycles. The fourth-order valence-electron chi connectivity index (χ4n) is 1.97. The average Bonchev–Trinajstić information content (AvgIpc) is 2.65. The van der Waals surface area contributed by atoms with Crippen molar-refractivity contribution < 1.29 is 14.3 Å². The van der Waals surface area contributed by atoms with Gasteiger partial charge in [0.25, 0.3) is 5.91 Å². The zero-order valence-corrected chi connectivity index (χ0v) is 14.3. The maximum Gasteiger partial charge on any atom is 0.275 e. The highest BCUT2D eigenvalue weighted by molar-refractivity contribution is 6.02. The Morgan fingerprint density at radius 3 is 2.72 bits per heavy atom. The summed E-state index contributed by atoms with van der Waals surface area (Å²) in [4.78, 5) is 35.8. The third-order valence-corrected chi connectivity index (χ3v) is 3.28. The van der Waals surface area contributed by atoms with Crippen LogP contribution in [-0.4, -0.2) is 40.4 Å². The van der Waals surface area contributed by atoms with Crippen molar-refractivity contribution in [2.45, 2.75) is 26.2 Å². The Balaban J connectivity index is 1.96. The van der Waals surface area contributed by atoms with Crippen LogP contribution in [-0.2, 0) is 11.2 Å². The predicted molar refractivity (Wildman–Crippen MR) is 92.4 cm³/mol. The van der Waals surface area contributed by atoms with Crippen LogP contribution in [0.15, 0.2) is 30.7 Å². The molecule has 0 saturated carbocycles. The molecule has 0 aliphatic heterocycles. The number of hydrogen-bond donors (Lipinski definition) is 2. The van der Waals surface area contributed by atoms with E-state index < -0.39 is 0 Å². The summed E-state index contributed by atoms with van der Waals surface area (Å²) < 4.78 is 5.33. The Morgan fingerprint density at radius 1 is 1.20 bits per heavy atom. The van der Waals surface area contributed by atoms with E-state index in [2.05, 4.69) is 25.6 Å². The van der Waals surface area contributed by atoms with Crippen molar-refractivity contribution in [1.82, 2.24) is 20.3 Å². The average molecular weight is 343 g/mol. The molecule has 2 rings (SSSR count). The van der Waals surface area contributed by atoms with E-state index in [4.69, 9.17) is 4.74 Å². The van der Waals surface area contributed by atoms with Gasteiger partial charge in [0.1, 0.15) is 5.69 Å². The van der Waals surface area contributed by atoms with Crippen molar-refractivity contribution in [3.05, 3.63) is 42.1 Å². The van der Waals surface area contributed by atoms with Gasteiger partial charge in [0.2, 0.25) is 11.8 Å². The fraction of sp³-hybridized carbons (Fsp3) is 0.353. The molecule has 0 unspecified atom stereocenters. The second-order valence-corrected chi connectivity index (χ2v) is 5.25. The van der Waals surface area contributed by atoms with Crippen molar-refractivity contribution in [2.75, 3.05) is 19.0 Å². The largest absolute Gasteiger partial charge is 0.477 e. The zero-order valence-electron chi connectivity index (χ0n) is 14.3. The van der Waals surface area contributed by atoms with Crippen LogP contribution in [0, 0.1) is 0 Å². The molecule has 2 amide bonds. The molecule has 2 aromatic rings. The van der Waals surface area contributed by atoms with Crippen LogP contribution >= 0.6 is 0 Å². The van der Waals surface area contributed by atoms with E-state index >= 15 is 0 Å². The Labute approximate surface area is 146 Å². The molecule has 0 bridgehead atoms. The third-order valence-electron chi connectivity index (χ3n) is 3.28. The van der Waals surface area contributed by atoms with Crippen molar-refractivity contribution in [2.24, 2.45) is 0 Å². The molecule has 2 aromatic heterocycles. The lowest BCUT2D eigenvalue weighted by atomic mass is 10.2. The molecular weight excluding hydrogens is 322 g/mol. The van der Waals surface area contributed by atoms with Gasteiger partial charge in [0.15, 0.2) is 0 Å². The molecule has 2 heterocycles. The van der Waals surface area contributed by atoms with Gasteiger partial charge in [-0.3, -0.25) is 14.6 Å². The highest BCUT2D eigenvalue weighted by Crippen LogP contribution is 2.12.